The molecule has 0 unspecified atom stereocenters. The third-order valence-electron chi connectivity index (χ3n) is 3.87. The van der Waals surface area contributed by atoms with Crippen molar-refractivity contribution in [2.75, 3.05) is 12.4 Å². The maximum Gasteiger partial charge on any atom is 0.156 e. The first kappa shape index (κ1) is 18.4. The summed E-state index contributed by atoms with van der Waals surface area (Å²) >= 11 is 12.7. The van der Waals surface area contributed by atoms with Gasteiger partial charge in [-0.3, -0.25) is 0 Å². The molecule has 0 aliphatic carbocycles. The van der Waals surface area contributed by atoms with E-state index in [1.165, 1.54) is 0 Å². The van der Waals surface area contributed by atoms with Gasteiger partial charge in [0.2, 0.25) is 0 Å². The Morgan fingerprint density at radius 1 is 0.846 bits per heavy atom. The lowest BCUT2D eigenvalue weighted by molar-refractivity contribution is 0.306. The number of ether oxygens (including phenoxy) is 2. The van der Waals surface area contributed by atoms with Crippen LogP contribution in [0.5, 0.6) is 11.5 Å². The number of nitrogens with one attached hydrogen (secondary N) is 1. The highest BCUT2D eigenvalue weighted by Gasteiger charge is 2.10. The Morgan fingerprint density at radius 3 is 2.12 bits per heavy atom. The molecule has 134 valence electrons. The molecule has 3 rings (SSSR count). The van der Waals surface area contributed by atoms with Crippen LogP contribution in [-0.4, -0.2) is 7.11 Å². The molecule has 0 atom stereocenters. The molecule has 0 heterocycles. The van der Waals surface area contributed by atoms with Crippen LogP contribution in [0.25, 0.3) is 0 Å². The monoisotopic (exact) mass is 387 g/mol. The van der Waals surface area contributed by atoms with Gasteiger partial charge in [-0.15, -0.1) is 0 Å². The van der Waals surface area contributed by atoms with Crippen molar-refractivity contribution in [2.24, 2.45) is 0 Å². The molecular formula is C21H19Cl2NO2. The molecular weight excluding hydrogens is 369 g/mol. The zero-order chi connectivity index (χ0) is 18.4. The van der Waals surface area contributed by atoms with Gasteiger partial charge < -0.3 is 14.8 Å². The Morgan fingerprint density at radius 2 is 1.50 bits per heavy atom. The Hall–Kier alpha value is -2.36. The number of anilines is 1. The summed E-state index contributed by atoms with van der Waals surface area (Å²) in [5, 5.41) is 4.33. The summed E-state index contributed by atoms with van der Waals surface area (Å²) in [6.07, 6.45) is 0. The molecule has 0 saturated heterocycles. The van der Waals surface area contributed by atoms with E-state index >= 15 is 0 Å². The van der Waals surface area contributed by atoms with Crippen molar-refractivity contribution in [3.05, 3.63) is 87.9 Å². The van der Waals surface area contributed by atoms with Crippen molar-refractivity contribution in [2.45, 2.75) is 13.2 Å². The predicted molar refractivity (Wildman–Crippen MR) is 108 cm³/mol. The fourth-order valence-electron chi connectivity index (χ4n) is 2.50. The third-order valence-corrected chi connectivity index (χ3v) is 4.43. The lowest BCUT2D eigenvalue weighted by atomic mass is 10.2. The second-order valence-electron chi connectivity index (χ2n) is 5.74. The van der Waals surface area contributed by atoms with Gasteiger partial charge in [-0.25, -0.2) is 0 Å². The van der Waals surface area contributed by atoms with Crippen molar-refractivity contribution >= 4 is 28.9 Å². The van der Waals surface area contributed by atoms with Crippen molar-refractivity contribution in [1.82, 2.24) is 0 Å². The highest BCUT2D eigenvalue weighted by atomic mass is 35.5. The lowest BCUT2D eigenvalue weighted by Gasteiger charge is -2.13. The molecule has 0 bridgehead atoms. The Kier molecular flexibility index (Phi) is 6.26. The maximum absolute atomic E-state index is 6.37. The van der Waals surface area contributed by atoms with Crippen LogP contribution in [0.3, 0.4) is 0 Å². The van der Waals surface area contributed by atoms with Gasteiger partial charge in [0.15, 0.2) is 5.75 Å². The van der Waals surface area contributed by atoms with Gasteiger partial charge in [0, 0.05) is 12.2 Å². The van der Waals surface area contributed by atoms with E-state index in [-0.39, 0.29) is 0 Å². The molecule has 0 amide bonds. The minimum absolute atomic E-state index is 0.420. The van der Waals surface area contributed by atoms with Crippen LogP contribution in [0, 0.1) is 0 Å². The maximum atomic E-state index is 6.37. The van der Waals surface area contributed by atoms with Crippen molar-refractivity contribution in [3.8, 4) is 11.5 Å². The van der Waals surface area contributed by atoms with Crippen molar-refractivity contribution in [1.29, 1.82) is 0 Å². The number of methoxy groups -OCH3 is 1. The molecule has 26 heavy (non-hydrogen) atoms. The predicted octanol–water partition coefficient (Wildman–Crippen LogP) is 6.19. The first-order valence-electron chi connectivity index (χ1n) is 8.18. The second-order valence-corrected chi connectivity index (χ2v) is 6.56. The molecule has 0 spiro atoms. The molecule has 0 saturated carbocycles. The first-order valence-corrected chi connectivity index (χ1v) is 8.94. The minimum Gasteiger partial charge on any atom is -0.497 e. The summed E-state index contributed by atoms with van der Waals surface area (Å²) < 4.78 is 11.0. The average Bonchev–Trinajstić information content (AvgIpc) is 2.67. The van der Waals surface area contributed by atoms with E-state index in [0.29, 0.717) is 28.9 Å². The first-order chi connectivity index (χ1) is 12.7. The Labute approximate surface area is 163 Å². The largest absolute Gasteiger partial charge is 0.497 e. The molecule has 0 aliphatic rings. The minimum atomic E-state index is 0.420. The quantitative estimate of drug-likeness (QED) is 0.523. The molecule has 0 radical (unpaired) electrons. The van der Waals surface area contributed by atoms with Gasteiger partial charge in [0.1, 0.15) is 12.4 Å². The van der Waals surface area contributed by atoms with Crippen LogP contribution in [0.15, 0.2) is 66.7 Å². The zero-order valence-corrected chi connectivity index (χ0v) is 15.8. The highest BCUT2D eigenvalue weighted by molar-refractivity contribution is 6.37. The smallest absolute Gasteiger partial charge is 0.156 e. The topological polar surface area (TPSA) is 30.5 Å². The molecule has 0 aliphatic heterocycles. The summed E-state index contributed by atoms with van der Waals surface area (Å²) in [6, 6.07) is 21.3. The number of rotatable bonds is 7. The fourth-order valence-corrected chi connectivity index (χ4v) is 3.14. The molecule has 0 aromatic heterocycles. The average molecular weight is 388 g/mol. The van der Waals surface area contributed by atoms with E-state index < -0.39 is 0 Å². The van der Waals surface area contributed by atoms with Crippen molar-refractivity contribution in [3.63, 3.8) is 0 Å². The molecule has 1 N–H and O–H groups in total. The standard InChI is InChI=1S/C21H19Cl2NO2/c1-25-18-9-7-17(8-10-18)24-13-16-11-19(22)21(20(23)12-16)26-14-15-5-3-2-4-6-15/h2-12,24H,13-14H2,1H3. The number of benzene rings is 3. The van der Waals surface area contributed by atoms with Gasteiger partial charge in [0.25, 0.3) is 0 Å². The third kappa shape index (κ3) is 4.84. The normalized spacial score (nSPS) is 10.4. The molecule has 3 aromatic carbocycles. The lowest BCUT2D eigenvalue weighted by Crippen LogP contribution is -2.01. The molecule has 3 aromatic rings. The van der Waals surface area contributed by atoms with E-state index in [9.17, 15) is 0 Å². The van der Waals surface area contributed by atoms with Crippen LogP contribution >= 0.6 is 23.2 Å². The Bertz CT molecular complexity index is 829. The second kappa shape index (κ2) is 8.84. The van der Waals surface area contributed by atoms with Gasteiger partial charge >= 0.3 is 0 Å². The number of hydrogen-bond acceptors (Lipinski definition) is 3. The van der Waals surface area contributed by atoms with Gasteiger partial charge in [-0.1, -0.05) is 53.5 Å². The summed E-state index contributed by atoms with van der Waals surface area (Å²) in [7, 11) is 1.65. The zero-order valence-electron chi connectivity index (χ0n) is 14.3. The van der Waals surface area contributed by atoms with E-state index in [1.54, 1.807) is 7.11 Å². The van der Waals surface area contributed by atoms with Crippen LogP contribution in [0.4, 0.5) is 5.69 Å². The van der Waals surface area contributed by atoms with E-state index in [0.717, 1.165) is 22.6 Å². The van der Waals surface area contributed by atoms with Crippen LogP contribution in [-0.2, 0) is 13.2 Å². The van der Waals surface area contributed by atoms with E-state index in [2.05, 4.69) is 5.32 Å². The summed E-state index contributed by atoms with van der Waals surface area (Å²) in [6.45, 7) is 1.02. The van der Waals surface area contributed by atoms with E-state index in [4.69, 9.17) is 32.7 Å². The van der Waals surface area contributed by atoms with Gasteiger partial charge in [-0.05, 0) is 47.5 Å². The molecule has 0 fully saturated rings. The Balaban J connectivity index is 1.64. The van der Waals surface area contributed by atoms with E-state index in [1.807, 2.05) is 66.7 Å². The summed E-state index contributed by atoms with van der Waals surface area (Å²) in [4.78, 5) is 0. The number of halogens is 2. The van der Waals surface area contributed by atoms with Gasteiger partial charge in [0.05, 0.1) is 17.2 Å². The number of hydrogen-bond donors (Lipinski definition) is 1. The van der Waals surface area contributed by atoms with Crippen LogP contribution in [0.2, 0.25) is 10.0 Å². The molecule has 5 heteroatoms. The summed E-state index contributed by atoms with van der Waals surface area (Å²) in [5.41, 5.74) is 3.02. The van der Waals surface area contributed by atoms with Crippen LogP contribution < -0.4 is 14.8 Å². The fraction of sp³-hybridized carbons (Fsp3) is 0.143. The van der Waals surface area contributed by atoms with Crippen molar-refractivity contribution < 1.29 is 9.47 Å². The molecule has 3 nitrogen and oxygen atoms in total. The van der Waals surface area contributed by atoms with Crippen LogP contribution in [0.1, 0.15) is 11.1 Å². The summed E-state index contributed by atoms with van der Waals surface area (Å²) in [5.74, 6) is 1.33. The highest BCUT2D eigenvalue weighted by Crippen LogP contribution is 2.35. The van der Waals surface area contributed by atoms with Gasteiger partial charge in [-0.2, -0.15) is 0 Å². The SMILES string of the molecule is COc1ccc(NCc2cc(Cl)c(OCc3ccccc3)c(Cl)c2)cc1.